The van der Waals surface area contributed by atoms with Crippen LogP contribution in [-0.2, 0) is 16.1 Å². The summed E-state index contributed by atoms with van der Waals surface area (Å²) in [7, 11) is 0. The first-order valence-corrected chi connectivity index (χ1v) is 6.67. The van der Waals surface area contributed by atoms with Crippen molar-refractivity contribution < 1.29 is 14.2 Å². The first-order chi connectivity index (χ1) is 10.0. The van der Waals surface area contributed by atoms with Crippen molar-refractivity contribution >= 4 is 23.2 Å². The maximum atomic E-state index is 12.0. The molecule has 0 radical (unpaired) electrons. The van der Waals surface area contributed by atoms with Crippen LogP contribution >= 0.6 is 0 Å². The summed E-state index contributed by atoms with van der Waals surface area (Å²) in [6.07, 6.45) is 1.87. The first-order valence-electron chi connectivity index (χ1n) is 6.67. The molecule has 0 bridgehead atoms. The monoisotopic (exact) mass is 284 g/mol. The Hall–Kier alpha value is -2.69. The van der Waals surface area contributed by atoms with Gasteiger partial charge in [-0.05, 0) is 24.3 Å². The highest BCUT2D eigenvalue weighted by Gasteiger charge is 2.11. The van der Waals surface area contributed by atoms with Crippen LogP contribution in [0.15, 0.2) is 48.7 Å². The van der Waals surface area contributed by atoms with Gasteiger partial charge in [-0.3, -0.25) is 9.59 Å². The molecular formula is C16H18N3O2+. The smallest absolute Gasteiger partial charge is 0.290 e. The van der Waals surface area contributed by atoms with E-state index >= 15 is 0 Å². The Morgan fingerprint density at radius 3 is 2.19 bits per heavy atom. The molecule has 5 heteroatoms. The lowest BCUT2D eigenvalue weighted by Gasteiger charge is -2.06. The van der Waals surface area contributed by atoms with Crippen molar-refractivity contribution in [2.75, 3.05) is 10.6 Å². The number of hydrogen-bond donors (Lipinski definition) is 2. The summed E-state index contributed by atoms with van der Waals surface area (Å²) in [6.45, 7) is 3.67. The normalized spacial score (nSPS) is 10.0. The summed E-state index contributed by atoms with van der Waals surface area (Å²) in [5, 5.41) is 5.50. The van der Waals surface area contributed by atoms with Crippen molar-refractivity contribution in [3.63, 3.8) is 0 Å². The number of pyridine rings is 1. The Morgan fingerprint density at radius 1 is 1.00 bits per heavy atom. The number of carbonyl (C=O) groups excluding carboxylic acids is 2. The fourth-order valence-corrected chi connectivity index (χ4v) is 1.93. The Kier molecular flexibility index (Phi) is 4.66. The molecule has 0 spiro atoms. The predicted molar refractivity (Wildman–Crippen MR) is 80.7 cm³/mol. The number of aromatic nitrogens is 1. The average Bonchev–Trinajstić information content (AvgIpc) is 2.43. The van der Waals surface area contributed by atoms with Gasteiger partial charge in [0.25, 0.3) is 5.91 Å². The van der Waals surface area contributed by atoms with Gasteiger partial charge in [0.05, 0.1) is 0 Å². The molecular weight excluding hydrogens is 266 g/mol. The molecule has 2 amide bonds. The molecule has 0 aliphatic rings. The van der Waals surface area contributed by atoms with Gasteiger partial charge in [0, 0.05) is 37.4 Å². The number of rotatable bonds is 4. The largest absolute Gasteiger partial charge is 0.326 e. The quantitative estimate of drug-likeness (QED) is 0.842. The van der Waals surface area contributed by atoms with Gasteiger partial charge in [0.2, 0.25) is 12.5 Å². The molecule has 1 aromatic carbocycles. The molecule has 2 rings (SSSR count). The van der Waals surface area contributed by atoms with E-state index in [-0.39, 0.29) is 18.4 Å². The van der Waals surface area contributed by atoms with E-state index in [2.05, 4.69) is 10.6 Å². The van der Waals surface area contributed by atoms with Gasteiger partial charge >= 0.3 is 0 Å². The third kappa shape index (κ3) is 4.42. The molecule has 0 unspecified atom stereocenters. The van der Waals surface area contributed by atoms with Crippen molar-refractivity contribution in [2.24, 2.45) is 0 Å². The van der Waals surface area contributed by atoms with E-state index in [4.69, 9.17) is 0 Å². The lowest BCUT2D eigenvalue weighted by atomic mass is 10.2. The standard InChI is InChI=1S/C16H17N3O2/c1-12-5-3-4-10-19(12)11-16(21)18-15-8-6-14(7-9-15)17-13(2)20/h3-10H,11H2,1-2H3,(H-,17,18,20,21)/p+1. The summed E-state index contributed by atoms with van der Waals surface area (Å²) in [6, 6.07) is 12.8. The van der Waals surface area contributed by atoms with Crippen molar-refractivity contribution in [1.82, 2.24) is 0 Å². The van der Waals surface area contributed by atoms with Gasteiger partial charge < -0.3 is 10.6 Å². The van der Waals surface area contributed by atoms with Gasteiger partial charge in [-0.2, -0.15) is 4.57 Å². The van der Waals surface area contributed by atoms with Crippen LogP contribution in [0, 0.1) is 6.92 Å². The third-order valence-electron chi connectivity index (χ3n) is 2.97. The summed E-state index contributed by atoms with van der Waals surface area (Å²) in [5.74, 6) is -0.218. The highest BCUT2D eigenvalue weighted by atomic mass is 16.2. The van der Waals surface area contributed by atoms with Gasteiger partial charge in [-0.1, -0.05) is 6.07 Å². The number of aryl methyl sites for hydroxylation is 1. The minimum absolute atomic E-state index is 0.0958. The van der Waals surface area contributed by atoms with E-state index < -0.39 is 0 Å². The number of benzene rings is 1. The van der Waals surface area contributed by atoms with E-state index in [9.17, 15) is 9.59 Å². The molecule has 0 aliphatic heterocycles. The predicted octanol–water partition coefficient (Wildman–Crippen LogP) is 1.88. The first kappa shape index (κ1) is 14.7. The van der Waals surface area contributed by atoms with Crippen LogP contribution in [0.2, 0.25) is 0 Å². The summed E-state index contributed by atoms with van der Waals surface area (Å²) in [4.78, 5) is 22.9. The molecule has 2 N–H and O–H groups in total. The fraction of sp³-hybridized carbons (Fsp3) is 0.188. The van der Waals surface area contributed by atoms with Crippen LogP contribution in [0.4, 0.5) is 11.4 Å². The maximum absolute atomic E-state index is 12.0. The third-order valence-corrected chi connectivity index (χ3v) is 2.97. The number of hydrogen-bond acceptors (Lipinski definition) is 2. The van der Waals surface area contributed by atoms with Crippen LogP contribution in [0.1, 0.15) is 12.6 Å². The fourth-order valence-electron chi connectivity index (χ4n) is 1.93. The summed E-state index contributed by atoms with van der Waals surface area (Å²) in [5.41, 5.74) is 2.42. The van der Waals surface area contributed by atoms with Gasteiger partial charge in [-0.25, -0.2) is 0 Å². The molecule has 5 nitrogen and oxygen atoms in total. The molecule has 1 heterocycles. The van der Waals surface area contributed by atoms with Gasteiger partial charge in [-0.15, -0.1) is 0 Å². The number of amides is 2. The lowest BCUT2D eigenvalue weighted by Crippen LogP contribution is -2.42. The number of anilines is 2. The van der Waals surface area contributed by atoms with Crippen LogP contribution in [-0.4, -0.2) is 11.8 Å². The average molecular weight is 284 g/mol. The molecule has 0 saturated carbocycles. The van der Waals surface area contributed by atoms with Crippen LogP contribution < -0.4 is 15.2 Å². The van der Waals surface area contributed by atoms with Crippen molar-refractivity contribution in [3.8, 4) is 0 Å². The van der Waals surface area contributed by atoms with E-state index in [0.717, 1.165) is 5.69 Å². The van der Waals surface area contributed by atoms with Crippen LogP contribution in [0.3, 0.4) is 0 Å². The highest BCUT2D eigenvalue weighted by molar-refractivity contribution is 5.91. The SMILES string of the molecule is CC(=O)Nc1ccc(NC(=O)C[n+]2ccccc2C)cc1. The molecule has 1 aromatic heterocycles. The van der Waals surface area contributed by atoms with E-state index in [0.29, 0.717) is 11.4 Å². The van der Waals surface area contributed by atoms with Gasteiger partial charge in [0.15, 0.2) is 11.9 Å². The van der Waals surface area contributed by atoms with Crippen molar-refractivity contribution in [1.29, 1.82) is 0 Å². The van der Waals surface area contributed by atoms with E-state index in [1.807, 2.05) is 35.9 Å². The summed E-state index contributed by atoms with van der Waals surface area (Å²) >= 11 is 0. The van der Waals surface area contributed by atoms with Crippen molar-refractivity contribution in [3.05, 3.63) is 54.4 Å². The number of nitrogens with one attached hydrogen (secondary N) is 2. The lowest BCUT2D eigenvalue weighted by molar-refractivity contribution is -0.690. The van der Waals surface area contributed by atoms with Crippen LogP contribution in [0.25, 0.3) is 0 Å². The van der Waals surface area contributed by atoms with Crippen molar-refractivity contribution in [2.45, 2.75) is 20.4 Å². The Balaban J connectivity index is 1.96. The summed E-state index contributed by atoms with van der Waals surface area (Å²) < 4.78 is 1.88. The minimum atomic E-state index is -0.122. The maximum Gasteiger partial charge on any atom is 0.290 e. The zero-order valence-corrected chi connectivity index (χ0v) is 12.1. The number of nitrogens with zero attached hydrogens (tertiary/aromatic N) is 1. The molecule has 2 aromatic rings. The number of carbonyl (C=O) groups is 2. The second kappa shape index (κ2) is 6.65. The molecule has 0 saturated heterocycles. The Bertz CT molecular complexity index is 651. The Morgan fingerprint density at radius 2 is 1.62 bits per heavy atom. The van der Waals surface area contributed by atoms with Crippen LogP contribution in [0.5, 0.6) is 0 Å². The van der Waals surface area contributed by atoms with E-state index in [1.165, 1.54) is 6.92 Å². The highest BCUT2D eigenvalue weighted by Crippen LogP contribution is 2.13. The van der Waals surface area contributed by atoms with Gasteiger partial charge in [0.1, 0.15) is 0 Å². The second-order valence-corrected chi connectivity index (χ2v) is 4.78. The second-order valence-electron chi connectivity index (χ2n) is 4.78. The molecule has 0 fully saturated rings. The zero-order chi connectivity index (χ0) is 15.2. The topological polar surface area (TPSA) is 62.1 Å². The Labute approximate surface area is 123 Å². The molecule has 0 atom stereocenters. The molecule has 0 aliphatic carbocycles. The zero-order valence-electron chi connectivity index (χ0n) is 12.1. The molecule has 21 heavy (non-hydrogen) atoms. The molecule has 108 valence electrons. The minimum Gasteiger partial charge on any atom is -0.326 e. The van der Waals surface area contributed by atoms with E-state index in [1.54, 1.807) is 24.3 Å².